The zero-order valence-electron chi connectivity index (χ0n) is 15.4. The predicted octanol–water partition coefficient (Wildman–Crippen LogP) is 2.59. The lowest BCUT2D eigenvalue weighted by Gasteiger charge is -2.37. The number of amides is 1. The number of β-lactam (4-membered cyclic amide) rings is 1. The van der Waals surface area contributed by atoms with E-state index in [4.69, 9.17) is 14.2 Å². The first kappa shape index (κ1) is 19.4. The average molecular weight is 383 g/mol. The van der Waals surface area contributed by atoms with E-state index in [1.165, 1.54) is 0 Å². The van der Waals surface area contributed by atoms with Gasteiger partial charge in [-0.25, -0.2) is 9.59 Å². The second-order valence-electron chi connectivity index (χ2n) is 6.45. The molecular weight excluding hydrogens is 362 g/mol. The van der Waals surface area contributed by atoms with Crippen LogP contribution in [0.4, 0.5) is 4.79 Å². The molecular formula is C21H21NO6. The molecule has 1 amide bonds. The summed E-state index contributed by atoms with van der Waals surface area (Å²) in [5.41, 5.74) is 1.66. The van der Waals surface area contributed by atoms with E-state index in [2.05, 4.69) is 5.32 Å². The lowest BCUT2D eigenvalue weighted by Crippen LogP contribution is -2.66. The monoisotopic (exact) mass is 383 g/mol. The molecule has 7 heteroatoms. The highest BCUT2D eigenvalue weighted by molar-refractivity contribution is 5.97. The second kappa shape index (κ2) is 9.03. The Balaban J connectivity index is 1.47. The van der Waals surface area contributed by atoms with Crippen molar-refractivity contribution in [3.8, 4) is 0 Å². The van der Waals surface area contributed by atoms with Gasteiger partial charge in [-0.05, 0) is 18.1 Å². The Morgan fingerprint density at radius 2 is 1.46 bits per heavy atom. The molecule has 7 nitrogen and oxygen atoms in total. The molecule has 146 valence electrons. The Hall–Kier alpha value is -3.35. The van der Waals surface area contributed by atoms with Crippen molar-refractivity contribution in [3.05, 3.63) is 71.8 Å². The fourth-order valence-electron chi connectivity index (χ4n) is 2.88. The molecule has 0 radical (unpaired) electrons. The molecule has 0 aliphatic carbocycles. The maximum absolute atomic E-state index is 12.2. The van der Waals surface area contributed by atoms with Crippen LogP contribution in [0.5, 0.6) is 0 Å². The molecule has 1 fully saturated rings. The van der Waals surface area contributed by atoms with Gasteiger partial charge in [0.1, 0.15) is 31.3 Å². The number of carbonyl (C=O) groups is 3. The van der Waals surface area contributed by atoms with Crippen molar-refractivity contribution in [1.29, 1.82) is 0 Å². The topological polar surface area (TPSA) is 90.9 Å². The molecule has 0 spiro atoms. The van der Waals surface area contributed by atoms with Crippen LogP contribution in [0, 0.1) is 5.92 Å². The smallest absolute Gasteiger partial charge is 0.459 e. The maximum Gasteiger partial charge on any atom is 0.508 e. The third-order valence-electron chi connectivity index (χ3n) is 4.42. The first-order chi connectivity index (χ1) is 13.5. The van der Waals surface area contributed by atoms with Gasteiger partial charge in [0, 0.05) is 0 Å². The number of rotatable bonds is 7. The predicted molar refractivity (Wildman–Crippen MR) is 98.8 cm³/mol. The van der Waals surface area contributed by atoms with Crippen LogP contribution in [0.3, 0.4) is 0 Å². The number of ether oxygens (including phenoxy) is 3. The molecule has 1 aliphatic rings. The van der Waals surface area contributed by atoms with Gasteiger partial charge in [-0.1, -0.05) is 60.7 Å². The van der Waals surface area contributed by atoms with Crippen LogP contribution in [0.2, 0.25) is 0 Å². The molecule has 2 aromatic rings. The highest BCUT2D eigenvalue weighted by atomic mass is 16.7. The minimum atomic E-state index is -0.896. The van der Waals surface area contributed by atoms with Gasteiger partial charge in [0.2, 0.25) is 5.91 Å². The normalized spacial score (nSPS) is 19.0. The largest absolute Gasteiger partial charge is 0.508 e. The fraction of sp³-hybridized carbons (Fsp3) is 0.286. The van der Waals surface area contributed by atoms with Crippen LogP contribution in [0.25, 0.3) is 0 Å². The van der Waals surface area contributed by atoms with E-state index >= 15 is 0 Å². The van der Waals surface area contributed by atoms with Crippen LogP contribution in [0.15, 0.2) is 60.7 Å². The first-order valence-electron chi connectivity index (χ1n) is 8.93. The molecule has 1 heterocycles. The molecule has 0 bridgehead atoms. The summed E-state index contributed by atoms with van der Waals surface area (Å²) in [4.78, 5) is 36.0. The van der Waals surface area contributed by atoms with Gasteiger partial charge in [-0.3, -0.25) is 4.79 Å². The number of nitrogens with one attached hydrogen (secondary N) is 1. The number of hydrogen-bond acceptors (Lipinski definition) is 6. The van der Waals surface area contributed by atoms with Gasteiger partial charge in [0.15, 0.2) is 0 Å². The van der Waals surface area contributed by atoms with Crippen LogP contribution in [0.1, 0.15) is 18.1 Å². The summed E-state index contributed by atoms with van der Waals surface area (Å²) in [5, 5.41) is 2.50. The summed E-state index contributed by atoms with van der Waals surface area (Å²) in [7, 11) is 0. The van der Waals surface area contributed by atoms with Crippen LogP contribution < -0.4 is 5.32 Å². The molecule has 1 N–H and O–H groups in total. The number of benzene rings is 2. The minimum absolute atomic E-state index is 0.0613. The standard InChI is InChI=1S/C21H21NO6/c1-14(28-21(25)27-13-16-10-6-3-7-11-16)17-18(22-19(17)23)20(24)26-12-15-8-4-2-5-9-15/h2-11,14,17-18H,12-13H2,1H3,(H,22,23)/t14-,17-,18+/m1/s1. The summed E-state index contributed by atoms with van der Waals surface area (Å²) in [6.07, 6.45) is -1.72. The van der Waals surface area contributed by atoms with Gasteiger partial charge < -0.3 is 19.5 Å². The molecule has 1 aliphatic heterocycles. The molecule has 0 aromatic heterocycles. The van der Waals surface area contributed by atoms with Crippen molar-refractivity contribution >= 4 is 18.0 Å². The van der Waals surface area contributed by atoms with E-state index in [0.717, 1.165) is 11.1 Å². The molecule has 3 rings (SSSR count). The van der Waals surface area contributed by atoms with Crippen molar-refractivity contribution in [2.24, 2.45) is 5.92 Å². The highest BCUT2D eigenvalue weighted by Crippen LogP contribution is 2.23. The Bertz CT molecular complexity index is 823. The third kappa shape index (κ3) is 4.88. The van der Waals surface area contributed by atoms with Crippen molar-refractivity contribution in [2.45, 2.75) is 32.3 Å². The summed E-state index contributed by atoms with van der Waals surface area (Å²) in [6, 6.07) is 17.5. The van der Waals surface area contributed by atoms with E-state index in [9.17, 15) is 14.4 Å². The lowest BCUT2D eigenvalue weighted by molar-refractivity contribution is -0.163. The van der Waals surface area contributed by atoms with E-state index < -0.39 is 30.2 Å². The molecule has 3 atom stereocenters. The van der Waals surface area contributed by atoms with E-state index in [1.807, 2.05) is 60.7 Å². The maximum atomic E-state index is 12.2. The third-order valence-corrected chi connectivity index (χ3v) is 4.42. The van der Waals surface area contributed by atoms with Crippen molar-refractivity contribution in [1.82, 2.24) is 5.32 Å². The summed E-state index contributed by atoms with van der Waals surface area (Å²) in [6.45, 7) is 1.71. The Labute approximate surface area is 162 Å². The van der Waals surface area contributed by atoms with Crippen molar-refractivity contribution < 1.29 is 28.6 Å². The van der Waals surface area contributed by atoms with Gasteiger partial charge in [0.25, 0.3) is 0 Å². The zero-order chi connectivity index (χ0) is 19.9. The van der Waals surface area contributed by atoms with Gasteiger partial charge in [0.05, 0.1) is 0 Å². The van der Waals surface area contributed by atoms with Gasteiger partial charge in [-0.2, -0.15) is 0 Å². The van der Waals surface area contributed by atoms with E-state index in [0.29, 0.717) is 0 Å². The first-order valence-corrected chi connectivity index (χ1v) is 8.93. The molecule has 0 saturated carbocycles. The highest BCUT2D eigenvalue weighted by Gasteiger charge is 2.49. The van der Waals surface area contributed by atoms with Gasteiger partial charge in [-0.15, -0.1) is 0 Å². The Morgan fingerprint density at radius 1 is 0.929 bits per heavy atom. The number of esters is 1. The quantitative estimate of drug-likeness (QED) is 0.584. The zero-order valence-corrected chi connectivity index (χ0v) is 15.4. The van der Waals surface area contributed by atoms with E-state index in [-0.39, 0.29) is 19.1 Å². The van der Waals surface area contributed by atoms with Gasteiger partial charge >= 0.3 is 12.1 Å². The molecule has 1 saturated heterocycles. The molecule has 2 aromatic carbocycles. The average Bonchev–Trinajstić information content (AvgIpc) is 2.70. The SMILES string of the molecule is C[C@@H](OC(=O)OCc1ccccc1)[C@H]1C(=O)N[C@@H]1C(=O)OCc1ccccc1. The second-order valence-corrected chi connectivity index (χ2v) is 6.45. The minimum Gasteiger partial charge on any atom is -0.459 e. The lowest BCUT2D eigenvalue weighted by atomic mass is 9.86. The summed E-state index contributed by atoms with van der Waals surface area (Å²) < 4.78 is 15.5. The van der Waals surface area contributed by atoms with Crippen molar-refractivity contribution in [3.63, 3.8) is 0 Å². The Morgan fingerprint density at radius 3 is 2.00 bits per heavy atom. The number of hydrogen-bond donors (Lipinski definition) is 1. The number of carbonyl (C=O) groups excluding carboxylic acids is 3. The summed E-state index contributed by atoms with van der Waals surface area (Å²) >= 11 is 0. The van der Waals surface area contributed by atoms with E-state index in [1.54, 1.807) is 6.92 Å². The van der Waals surface area contributed by atoms with Crippen molar-refractivity contribution in [2.75, 3.05) is 0 Å². The van der Waals surface area contributed by atoms with Crippen LogP contribution >= 0.6 is 0 Å². The summed E-state index contributed by atoms with van der Waals surface area (Å²) in [5.74, 6) is -1.75. The van der Waals surface area contributed by atoms with Crippen LogP contribution in [-0.4, -0.2) is 30.2 Å². The molecule has 28 heavy (non-hydrogen) atoms. The Kier molecular flexibility index (Phi) is 6.26. The molecule has 0 unspecified atom stereocenters. The fourth-order valence-corrected chi connectivity index (χ4v) is 2.88. The van der Waals surface area contributed by atoms with Crippen LogP contribution in [-0.2, 0) is 37.0 Å².